The van der Waals surface area contributed by atoms with Crippen molar-refractivity contribution in [3.8, 4) is 0 Å². The normalized spacial score (nSPS) is 22.3. The molecule has 2 aliphatic rings. The van der Waals surface area contributed by atoms with Gasteiger partial charge < -0.3 is 15.1 Å². The van der Waals surface area contributed by atoms with Gasteiger partial charge in [-0.15, -0.1) is 11.6 Å². The van der Waals surface area contributed by atoms with Crippen molar-refractivity contribution in [3.05, 3.63) is 69.2 Å². The maximum Gasteiger partial charge on any atom is 0.251 e. The lowest BCUT2D eigenvalue weighted by atomic mass is 9.85. The molecule has 36 heavy (non-hydrogen) atoms. The number of hydrogen-bond acceptors (Lipinski definition) is 3. The molecule has 3 atom stereocenters. The Morgan fingerprint density at radius 1 is 0.972 bits per heavy atom. The molecule has 2 aromatic carbocycles. The standard InChI is InChI=1S/C27H30Cl3N3O3/c1-17(34)33-12-3-2-4-25(33)27(36)32-13-11-24(21(16-32)20-9-10-22(29)23(30)14-20)31-26(35)19-7-5-18(15-28)6-8-19/h5-10,14,21,24-25H,2-4,11-13,15-16H2,1H3,(H,31,35). The molecule has 0 bridgehead atoms. The molecule has 2 aromatic rings. The number of nitrogens with zero attached hydrogens (tertiary/aromatic N) is 2. The van der Waals surface area contributed by atoms with Crippen molar-refractivity contribution in [2.45, 2.75) is 56.5 Å². The highest BCUT2D eigenvalue weighted by Gasteiger charge is 2.39. The van der Waals surface area contributed by atoms with E-state index in [0.717, 1.165) is 24.0 Å². The Morgan fingerprint density at radius 3 is 2.39 bits per heavy atom. The highest BCUT2D eigenvalue weighted by molar-refractivity contribution is 6.42. The third-order valence-corrected chi connectivity index (χ3v) is 8.22. The number of halogens is 3. The topological polar surface area (TPSA) is 69.7 Å². The quantitative estimate of drug-likeness (QED) is 0.517. The van der Waals surface area contributed by atoms with Crippen LogP contribution in [0.1, 0.15) is 60.0 Å². The van der Waals surface area contributed by atoms with E-state index in [-0.39, 0.29) is 29.7 Å². The summed E-state index contributed by atoms with van der Waals surface area (Å²) < 4.78 is 0. The van der Waals surface area contributed by atoms with Crippen LogP contribution in [0.3, 0.4) is 0 Å². The summed E-state index contributed by atoms with van der Waals surface area (Å²) in [5.41, 5.74) is 2.39. The van der Waals surface area contributed by atoms with Crippen LogP contribution in [-0.4, -0.2) is 59.2 Å². The first-order chi connectivity index (χ1) is 17.3. The summed E-state index contributed by atoms with van der Waals surface area (Å²) in [5, 5.41) is 4.04. The largest absolute Gasteiger partial charge is 0.349 e. The number of amides is 3. The zero-order valence-corrected chi connectivity index (χ0v) is 22.5. The second-order valence-electron chi connectivity index (χ2n) is 9.49. The Morgan fingerprint density at radius 2 is 1.72 bits per heavy atom. The van der Waals surface area contributed by atoms with Crippen LogP contribution >= 0.6 is 34.8 Å². The van der Waals surface area contributed by atoms with Gasteiger partial charge in [-0.05, 0) is 61.1 Å². The third-order valence-electron chi connectivity index (χ3n) is 7.18. The Balaban J connectivity index is 1.56. The Kier molecular flexibility index (Phi) is 8.81. The first-order valence-corrected chi connectivity index (χ1v) is 13.5. The van der Waals surface area contributed by atoms with Crippen LogP contribution in [0, 0.1) is 0 Å². The lowest BCUT2D eigenvalue weighted by molar-refractivity contribution is -0.147. The molecule has 0 aromatic heterocycles. The maximum absolute atomic E-state index is 13.6. The summed E-state index contributed by atoms with van der Waals surface area (Å²) in [6.45, 7) is 3.03. The summed E-state index contributed by atoms with van der Waals surface area (Å²) in [6, 6.07) is 12.0. The van der Waals surface area contributed by atoms with Crippen molar-refractivity contribution in [1.82, 2.24) is 15.1 Å². The fourth-order valence-electron chi connectivity index (χ4n) is 5.18. The molecular formula is C27H30Cl3N3O3. The predicted molar refractivity (Wildman–Crippen MR) is 143 cm³/mol. The molecule has 0 aliphatic carbocycles. The van der Waals surface area contributed by atoms with Gasteiger partial charge in [0.05, 0.1) is 10.0 Å². The van der Waals surface area contributed by atoms with Gasteiger partial charge in [-0.1, -0.05) is 41.4 Å². The van der Waals surface area contributed by atoms with Crippen LogP contribution in [-0.2, 0) is 15.5 Å². The fraction of sp³-hybridized carbons (Fsp3) is 0.444. The van der Waals surface area contributed by atoms with Crippen molar-refractivity contribution in [3.63, 3.8) is 0 Å². The summed E-state index contributed by atoms with van der Waals surface area (Å²) in [5.74, 6) is -0.0812. The van der Waals surface area contributed by atoms with E-state index in [4.69, 9.17) is 34.8 Å². The predicted octanol–water partition coefficient (Wildman–Crippen LogP) is 5.25. The van der Waals surface area contributed by atoms with Crippen LogP contribution in [0.2, 0.25) is 10.0 Å². The molecule has 0 spiro atoms. The molecule has 2 saturated heterocycles. The van der Waals surface area contributed by atoms with Gasteiger partial charge in [-0.25, -0.2) is 0 Å². The van der Waals surface area contributed by atoms with Gasteiger partial charge in [0.25, 0.3) is 5.91 Å². The number of nitrogens with one attached hydrogen (secondary N) is 1. The van der Waals surface area contributed by atoms with Gasteiger partial charge in [-0.3, -0.25) is 14.4 Å². The molecule has 1 N–H and O–H groups in total. The van der Waals surface area contributed by atoms with E-state index >= 15 is 0 Å². The van der Waals surface area contributed by atoms with Gasteiger partial charge in [0.2, 0.25) is 11.8 Å². The summed E-state index contributed by atoms with van der Waals surface area (Å²) in [6.07, 6.45) is 3.08. The van der Waals surface area contributed by atoms with Gasteiger partial charge in [0, 0.05) is 50.0 Å². The van der Waals surface area contributed by atoms with Gasteiger partial charge >= 0.3 is 0 Å². The third kappa shape index (κ3) is 5.99. The molecule has 2 fully saturated rings. The first-order valence-electron chi connectivity index (χ1n) is 12.2. The van der Waals surface area contributed by atoms with Crippen LogP contribution in [0.25, 0.3) is 0 Å². The molecule has 0 radical (unpaired) electrons. The van der Waals surface area contributed by atoms with E-state index in [1.807, 2.05) is 23.1 Å². The molecule has 2 heterocycles. The second-order valence-corrected chi connectivity index (χ2v) is 10.6. The summed E-state index contributed by atoms with van der Waals surface area (Å²) in [4.78, 5) is 42.3. The van der Waals surface area contributed by atoms with E-state index in [9.17, 15) is 14.4 Å². The number of carbonyl (C=O) groups excluding carboxylic acids is 3. The molecule has 2 aliphatic heterocycles. The number of rotatable bonds is 5. The molecule has 0 saturated carbocycles. The average Bonchev–Trinajstić information content (AvgIpc) is 2.90. The zero-order chi connectivity index (χ0) is 25.8. The summed E-state index contributed by atoms with van der Waals surface area (Å²) >= 11 is 18.4. The first kappa shape index (κ1) is 26.8. The van der Waals surface area contributed by atoms with Gasteiger partial charge in [-0.2, -0.15) is 0 Å². The van der Waals surface area contributed by atoms with Crippen molar-refractivity contribution < 1.29 is 14.4 Å². The molecular weight excluding hydrogens is 521 g/mol. The number of piperidine rings is 2. The number of likely N-dealkylation sites (tertiary alicyclic amines) is 2. The van der Waals surface area contributed by atoms with Gasteiger partial charge in [0.1, 0.15) is 6.04 Å². The van der Waals surface area contributed by atoms with E-state index in [0.29, 0.717) is 54.0 Å². The minimum Gasteiger partial charge on any atom is -0.349 e. The Labute approximate surface area is 226 Å². The van der Waals surface area contributed by atoms with Crippen LogP contribution < -0.4 is 5.32 Å². The summed E-state index contributed by atoms with van der Waals surface area (Å²) in [7, 11) is 0. The molecule has 9 heteroatoms. The minimum atomic E-state index is -0.433. The SMILES string of the molecule is CC(=O)N1CCCCC1C(=O)N1CCC(NC(=O)c2ccc(CCl)cc2)C(c2ccc(Cl)c(Cl)c2)C1. The number of hydrogen-bond donors (Lipinski definition) is 1. The number of alkyl halides is 1. The lowest BCUT2D eigenvalue weighted by Crippen LogP contribution is -2.57. The van der Waals surface area contributed by atoms with Crippen molar-refractivity contribution in [2.75, 3.05) is 19.6 Å². The Bertz CT molecular complexity index is 1120. The van der Waals surface area contributed by atoms with E-state index < -0.39 is 6.04 Å². The van der Waals surface area contributed by atoms with Crippen molar-refractivity contribution >= 4 is 52.5 Å². The van der Waals surface area contributed by atoms with Crippen molar-refractivity contribution in [2.24, 2.45) is 0 Å². The van der Waals surface area contributed by atoms with Crippen LogP contribution in [0.15, 0.2) is 42.5 Å². The van der Waals surface area contributed by atoms with Crippen LogP contribution in [0.4, 0.5) is 0 Å². The minimum absolute atomic E-state index is 0.0311. The molecule has 3 unspecified atom stereocenters. The second kappa shape index (κ2) is 11.8. The average molecular weight is 551 g/mol. The lowest BCUT2D eigenvalue weighted by Gasteiger charge is -2.43. The number of benzene rings is 2. The van der Waals surface area contributed by atoms with Crippen molar-refractivity contribution in [1.29, 1.82) is 0 Å². The van der Waals surface area contributed by atoms with E-state index in [2.05, 4.69) is 5.32 Å². The monoisotopic (exact) mass is 549 g/mol. The fourth-order valence-corrected chi connectivity index (χ4v) is 5.66. The van der Waals surface area contributed by atoms with Crippen LogP contribution in [0.5, 0.6) is 0 Å². The van der Waals surface area contributed by atoms with E-state index in [1.54, 1.807) is 29.2 Å². The zero-order valence-electron chi connectivity index (χ0n) is 20.2. The smallest absolute Gasteiger partial charge is 0.251 e. The molecule has 4 rings (SSSR count). The Hall–Kier alpha value is -2.28. The molecule has 3 amide bonds. The molecule has 6 nitrogen and oxygen atoms in total. The highest BCUT2D eigenvalue weighted by Crippen LogP contribution is 2.33. The maximum atomic E-state index is 13.6. The molecule has 192 valence electrons. The van der Waals surface area contributed by atoms with Gasteiger partial charge in [0.15, 0.2) is 0 Å². The number of carbonyl (C=O) groups is 3. The van der Waals surface area contributed by atoms with E-state index in [1.165, 1.54) is 6.92 Å². The highest BCUT2D eigenvalue weighted by atomic mass is 35.5.